The maximum Gasteiger partial charge on any atom is 0.325 e. The lowest BCUT2D eigenvalue weighted by Gasteiger charge is -2.06. The van der Waals surface area contributed by atoms with Gasteiger partial charge in [0.1, 0.15) is 5.75 Å². The molecule has 1 heterocycles. The third-order valence-corrected chi connectivity index (χ3v) is 3.87. The minimum Gasteiger partial charge on any atom is -0.497 e. The van der Waals surface area contributed by atoms with E-state index in [0.29, 0.717) is 21.7 Å². The van der Waals surface area contributed by atoms with E-state index in [9.17, 15) is 4.79 Å². The Kier molecular flexibility index (Phi) is 5.59. The van der Waals surface area contributed by atoms with E-state index in [1.165, 1.54) is 11.8 Å². The van der Waals surface area contributed by atoms with Gasteiger partial charge in [-0.05, 0) is 12.1 Å². The number of methoxy groups -OCH3 is 1. The number of thioether (sulfide) groups is 1. The fourth-order valence-electron chi connectivity index (χ4n) is 1.41. The van der Waals surface area contributed by atoms with Crippen molar-refractivity contribution in [3.63, 3.8) is 0 Å². The van der Waals surface area contributed by atoms with Gasteiger partial charge in [-0.2, -0.15) is 9.36 Å². The third-order valence-electron chi connectivity index (χ3n) is 2.29. The van der Waals surface area contributed by atoms with Crippen molar-refractivity contribution >= 4 is 40.1 Å². The monoisotopic (exact) mass is 322 g/mol. The first-order valence-corrected chi connectivity index (χ1v) is 7.76. The minimum atomic E-state index is -0.375. The van der Waals surface area contributed by atoms with Crippen molar-refractivity contribution in [3.05, 3.63) is 36.9 Å². The zero-order chi connectivity index (χ0) is 15.1. The van der Waals surface area contributed by atoms with Crippen molar-refractivity contribution in [2.45, 2.75) is 5.16 Å². The van der Waals surface area contributed by atoms with Crippen LogP contribution in [0.25, 0.3) is 0 Å². The van der Waals surface area contributed by atoms with Gasteiger partial charge in [-0.25, -0.2) is 4.79 Å². The van der Waals surface area contributed by atoms with E-state index in [2.05, 4.69) is 26.6 Å². The zero-order valence-corrected chi connectivity index (χ0v) is 13.0. The molecule has 6 nitrogen and oxygen atoms in total. The van der Waals surface area contributed by atoms with Crippen LogP contribution in [0.15, 0.2) is 42.1 Å². The Hall–Kier alpha value is -2.06. The van der Waals surface area contributed by atoms with Crippen LogP contribution in [0, 0.1) is 0 Å². The van der Waals surface area contributed by atoms with Gasteiger partial charge in [0.15, 0.2) is 0 Å². The molecule has 0 saturated heterocycles. The molecule has 2 aromatic rings. The Morgan fingerprint density at radius 3 is 3.14 bits per heavy atom. The molecule has 0 unspecified atom stereocenters. The summed E-state index contributed by atoms with van der Waals surface area (Å²) < 4.78 is 9.22. The summed E-state index contributed by atoms with van der Waals surface area (Å²) in [6.45, 7) is 3.63. The van der Waals surface area contributed by atoms with Crippen molar-refractivity contribution in [2.24, 2.45) is 0 Å². The van der Waals surface area contributed by atoms with Crippen molar-refractivity contribution in [3.8, 4) is 5.75 Å². The first-order chi connectivity index (χ1) is 10.2. The number of amides is 2. The standard InChI is InChI=1S/C13H14N4O2S2/c1-3-7-20-13-16-12(21-17-13)15-11(18)14-9-5-4-6-10(8-9)19-2/h3-6,8H,1,7H2,2H3,(H2,14,15,16,17,18). The average Bonchev–Trinajstić information content (AvgIpc) is 2.92. The van der Waals surface area contributed by atoms with Gasteiger partial charge in [-0.3, -0.25) is 5.32 Å². The van der Waals surface area contributed by atoms with Crippen molar-refractivity contribution in [1.82, 2.24) is 9.36 Å². The molecular formula is C13H14N4O2S2. The fourth-order valence-corrected chi connectivity index (χ4v) is 2.69. The number of anilines is 2. The lowest BCUT2D eigenvalue weighted by Crippen LogP contribution is -2.19. The van der Waals surface area contributed by atoms with Crippen LogP contribution < -0.4 is 15.4 Å². The molecule has 0 radical (unpaired) electrons. The molecule has 0 spiro atoms. The van der Waals surface area contributed by atoms with Crippen molar-refractivity contribution in [2.75, 3.05) is 23.5 Å². The number of hydrogen-bond acceptors (Lipinski definition) is 6. The number of nitrogens with one attached hydrogen (secondary N) is 2. The second-order valence-corrected chi connectivity index (χ2v) is 5.53. The van der Waals surface area contributed by atoms with Crippen LogP contribution in [0.2, 0.25) is 0 Å². The van der Waals surface area contributed by atoms with Crippen LogP contribution in [-0.2, 0) is 0 Å². The van der Waals surface area contributed by atoms with Crippen molar-refractivity contribution < 1.29 is 9.53 Å². The lowest BCUT2D eigenvalue weighted by molar-refractivity contribution is 0.262. The van der Waals surface area contributed by atoms with E-state index < -0.39 is 0 Å². The third kappa shape index (κ3) is 4.76. The molecule has 0 aliphatic carbocycles. The molecule has 2 rings (SSSR count). The molecule has 0 saturated carbocycles. The van der Waals surface area contributed by atoms with Crippen LogP contribution >= 0.6 is 23.3 Å². The van der Waals surface area contributed by atoms with E-state index in [-0.39, 0.29) is 6.03 Å². The molecule has 110 valence electrons. The molecule has 1 aromatic heterocycles. The van der Waals surface area contributed by atoms with E-state index in [1.54, 1.807) is 37.5 Å². The highest BCUT2D eigenvalue weighted by Crippen LogP contribution is 2.21. The van der Waals surface area contributed by atoms with Crippen LogP contribution in [0.1, 0.15) is 0 Å². The molecule has 2 amide bonds. The van der Waals surface area contributed by atoms with E-state index in [0.717, 1.165) is 17.3 Å². The number of carbonyl (C=O) groups is 1. The van der Waals surface area contributed by atoms with Gasteiger partial charge in [0.05, 0.1) is 7.11 Å². The summed E-state index contributed by atoms with van der Waals surface area (Å²) in [4.78, 5) is 16.0. The van der Waals surface area contributed by atoms with Crippen LogP contribution in [-0.4, -0.2) is 28.3 Å². The molecule has 21 heavy (non-hydrogen) atoms. The molecule has 0 fully saturated rings. The van der Waals surface area contributed by atoms with Crippen LogP contribution in [0.5, 0.6) is 5.75 Å². The predicted octanol–water partition coefficient (Wildman–Crippen LogP) is 3.47. The molecule has 1 aromatic carbocycles. The highest BCUT2D eigenvalue weighted by molar-refractivity contribution is 7.99. The fraction of sp³-hybridized carbons (Fsp3) is 0.154. The number of rotatable bonds is 6. The maximum absolute atomic E-state index is 11.9. The molecule has 8 heteroatoms. The van der Waals surface area contributed by atoms with Crippen LogP contribution in [0.4, 0.5) is 15.6 Å². The second-order valence-electron chi connectivity index (χ2n) is 3.79. The first-order valence-electron chi connectivity index (χ1n) is 6.00. The van der Waals surface area contributed by atoms with Gasteiger partial charge in [-0.15, -0.1) is 6.58 Å². The van der Waals surface area contributed by atoms with Crippen LogP contribution in [0.3, 0.4) is 0 Å². The average molecular weight is 322 g/mol. The van der Waals surface area contributed by atoms with Crippen molar-refractivity contribution in [1.29, 1.82) is 0 Å². The Balaban J connectivity index is 1.91. The summed E-state index contributed by atoms with van der Waals surface area (Å²) in [7, 11) is 1.57. The topological polar surface area (TPSA) is 76.1 Å². The summed E-state index contributed by atoms with van der Waals surface area (Å²) in [6.07, 6.45) is 1.77. The van der Waals surface area contributed by atoms with Gasteiger partial charge < -0.3 is 10.1 Å². The number of carbonyl (C=O) groups excluding carboxylic acids is 1. The number of benzene rings is 1. The van der Waals surface area contributed by atoms with E-state index >= 15 is 0 Å². The molecule has 0 aliphatic rings. The molecule has 0 atom stereocenters. The summed E-state index contributed by atoms with van der Waals surface area (Å²) in [6, 6.07) is 6.72. The Labute approximate surface area is 130 Å². The first kappa shape index (κ1) is 15.3. The zero-order valence-electron chi connectivity index (χ0n) is 11.3. The van der Waals surface area contributed by atoms with E-state index in [4.69, 9.17) is 4.74 Å². The quantitative estimate of drug-likeness (QED) is 0.629. The molecule has 0 bridgehead atoms. The minimum absolute atomic E-state index is 0.375. The highest BCUT2D eigenvalue weighted by Gasteiger charge is 2.08. The smallest absolute Gasteiger partial charge is 0.325 e. The summed E-state index contributed by atoms with van der Waals surface area (Å²) in [5, 5.41) is 6.41. The lowest BCUT2D eigenvalue weighted by atomic mass is 10.3. The molecule has 0 aliphatic heterocycles. The SMILES string of the molecule is C=CCSc1nsc(NC(=O)Nc2cccc(OC)c2)n1. The molecule has 2 N–H and O–H groups in total. The Morgan fingerprint density at radius 1 is 1.52 bits per heavy atom. The number of hydrogen-bond donors (Lipinski definition) is 2. The second kappa shape index (κ2) is 7.65. The van der Waals surface area contributed by atoms with Gasteiger partial charge in [0.2, 0.25) is 10.3 Å². The van der Waals surface area contributed by atoms with E-state index in [1.807, 2.05) is 0 Å². The predicted molar refractivity (Wildman–Crippen MR) is 86.5 cm³/mol. The highest BCUT2D eigenvalue weighted by atomic mass is 32.2. The number of urea groups is 1. The van der Waals surface area contributed by atoms with Gasteiger partial charge >= 0.3 is 6.03 Å². The summed E-state index contributed by atoms with van der Waals surface area (Å²) >= 11 is 2.59. The summed E-state index contributed by atoms with van der Waals surface area (Å²) in [5.74, 6) is 1.40. The largest absolute Gasteiger partial charge is 0.497 e. The van der Waals surface area contributed by atoms with Gasteiger partial charge in [0, 0.05) is 29.0 Å². The number of ether oxygens (including phenoxy) is 1. The Bertz CT molecular complexity index is 630. The Morgan fingerprint density at radius 2 is 2.38 bits per heavy atom. The maximum atomic E-state index is 11.9. The number of nitrogens with zero attached hydrogens (tertiary/aromatic N) is 2. The van der Waals surface area contributed by atoms with Gasteiger partial charge in [0.25, 0.3) is 0 Å². The normalized spacial score (nSPS) is 9.95. The van der Waals surface area contributed by atoms with Gasteiger partial charge in [-0.1, -0.05) is 23.9 Å². The number of aromatic nitrogens is 2. The summed E-state index contributed by atoms with van der Waals surface area (Å²) in [5.41, 5.74) is 0.637. The molecular weight excluding hydrogens is 308 g/mol.